The molecule has 0 aromatic heterocycles. The molecule has 2 aromatic carbocycles. The molecular weight excluding hydrogens is 530 g/mol. The molecule has 0 spiro atoms. The van der Waals surface area contributed by atoms with E-state index in [1.54, 1.807) is 9.80 Å². The van der Waals surface area contributed by atoms with E-state index < -0.39 is 11.3 Å². The van der Waals surface area contributed by atoms with Crippen LogP contribution >= 0.6 is 0 Å². The van der Waals surface area contributed by atoms with Crippen LogP contribution in [0.25, 0.3) is 0 Å². The highest BCUT2D eigenvalue weighted by Crippen LogP contribution is 2.35. The highest BCUT2D eigenvalue weighted by atomic mass is 16.6. The van der Waals surface area contributed by atoms with Crippen LogP contribution in [0.4, 0.5) is 9.59 Å². The summed E-state index contributed by atoms with van der Waals surface area (Å²) in [5.74, 6) is 0. The Morgan fingerprint density at radius 1 is 0.857 bits per heavy atom. The molecule has 0 bridgehead atoms. The van der Waals surface area contributed by atoms with Gasteiger partial charge in [-0.3, -0.25) is 9.80 Å². The van der Waals surface area contributed by atoms with E-state index in [2.05, 4.69) is 29.2 Å². The molecule has 2 aromatic rings. The fourth-order valence-corrected chi connectivity index (χ4v) is 5.80. The maximum atomic E-state index is 13.5. The minimum atomic E-state index is -0.753. The lowest BCUT2D eigenvalue weighted by molar-refractivity contribution is -0.0555. The summed E-state index contributed by atoms with van der Waals surface area (Å²) in [5.41, 5.74) is 1.12. The van der Waals surface area contributed by atoms with Crippen LogP contribution in [0.15, 0.2) is 60.7 Å². The van der Waals surface area contributed by atoms with Gasteiger partial charge in [-0.05, 0) is 79.4 Å². The van der Waals surface area contributed by atoms with Crippen LogP contribution in [0.1, 0.15) is 79.4 Å². The molecule has 1 atom stereocenters. The van der Waals surface area contributed by atoms with Gasteiger partial charge in [-0.2, -0.15) is 0 Å². The number of carbonyl (C=O) groups excluding carboxylic acids is 2. The number of hydrogen-bond donors (Lipinski definition) is 0. The molecule has 42 heavy (non-hydrogen) atoms. The molecule has 1 aliphatic rings. The van der Waals surface area contributed by atoms with Crippen molar-refractivity contribution in [2.45, 2.75) is 111 Å². The molecule has 0 saturated carbocycles. The van der Waals surface area contributed by atoms with Crippen molar-refractivity contribution in [1.29, 1.82) is 0 Å². The van der Waals surface area contributed by atoms with Crippen LogP contribution in [0.2, 0.25) is 0 Å². The first-order valence-corrected chi connectivity index (χ1v) is 15.2. The maximum Gasteiger partial charge on any atom is 0.412 e. The number of nitrogens with zero attached hydrogens (tertiary/aromatic N) is 3. The van der Waals surface area contributed by atoms with Crippen LogP contribution in [-0.2, 0) is 27.3 Å². The number of rotatable bonds is 13. The minimum absolute atomic E-state index is 0.0555. The molecule has 1 saturated heterocycles. The SMILES string of the molecule is CC(C)N(C(=O)OCCC[C@@H](COC(=O)N1C(C)(C)COC1(C)C)N(Cc1ccccc1)Cc1ccccc1)C(C)C. The Morgan fingerprint density at radius 2 is 1.38 bits per heavy atom. The summed E-state index contributed by atoms with van der Waals surface area (Å²) in [5, 5.41) is 0. The Balaban J connectivity index is 1.78. The highest BCUT2D eigenvalue weighted by Gasteiger charge is 2.49. The van der Waals surface area contributed by atoms with E-state index in [1.807, 2.05) is 91.8 Å². The van der Waals surface area contributed by atoms with E-state index in [-0.39, 0.29) is 36.9 Å². The summed E-state index contributed by atoms with van der Waals surface area (Å²) in [6, 6.07) is 20.6. The van der Waals surface area contributed by atoms with Crippen molar-refractivity contribution in [2.24, 2.45) is 0 Å². The Kier molecular flexibility index (Phi) is 11.8. The fourth-order valence-electron chi connectivity index (χ4n) is 5.80. The van der Waals surface area contributed by atoms with Crippen LogP contribution in [0.5, 0.6) is 0 Å². The number of benzene rings is 2. The molecule has 8 nitrogen and oxygen atoms in total. The molecule has 1 heterocycles. The third-order valence-electron chi connectivity index (χ3n) is 7.71. The molecule has 3 rings (SSSR count). The van der Waals surface area contributed by atoms with E-state index in [1.165, 1.54) is 11.1 Å². The first kappa shape index (κ1) is 33.4. The molecule has 1 aliphatic heterocycles. The first-order chi connectivity index (χ1) is 19.8. The summed E-state index contributed by atoms with van der Waals surface area (Å²) >= 11 is 0. The molecule has 2 amide bonds. The van der Waals surface area contributed by atoms with Gasteiger partial charge in [0.05, 0.1) is 18.8 Å². The lowest BCUT2D eigenvalue weighted by Crippen LogP contribution is -2.53. The second-order valence-corrected chi connectivity index (χ2v) is 12.8. The fraction of sp³-hybridized carbons (Fsp3) is 0.588. The zero-order valence-corrected chi connectivity index (χ0v) is 26.8. The Labute approximate surface area is 252 Å². The van der Waals surface area contributed by atoms with Crippen molar-refractivity contribution in [3.05, 3.63) is 71.8 Å². The normalized spacial score (nSPS) is 16.6. The molecule has 0 unspecified atom stereocenters. The van der Waals surface area contributed by atoms with E-state index in [4.69, 9.17) is 14.2 Å². The smallest absolute Gasteiger partial charge is 0.412 e. The second kappa shape index (κ2) is 14.9. The molecule has 232 valence electrons. The van der Waals surface area contributed by atoms with Crippen molar-refractivity contribution in [3.8, 4) is 0 Å². The maximum absolute atomic E-state index is 13.5. The molecule has 0 N–H and O–H groups in total. The number of amides is 2. The van der Waals surface area contributed by atoms with Crippen LogP contribution in [-0.4, -0.2) is 76.1 Å². The van der Waals surface area contributed by atoms with Gasteiger partial charge in [0.2, 0.25) is 0 Å². The van der Waals surface area contributed by atoms with Crippen LogP contribution < -0.4 is 0 Å². The van der Waals surface area contributed by atoms with E-state index in [0.29, 0.717) is 39.1 Å². The van der Waals surface area contributed by atoms with Crippen LogP contribution in [0, 0.1) is 0 Å². The van der Waals surface area contributed by atoms with Gasteiger partial charge in [0, 0.05) is 31.2 Å². The second-order valence-electron chi connectivity index (χ2n) is 12.8. The zero-order valence-electron chi connectivity index (χ0n) is 26.8. The minimum Gasteiger partial charge on any atom is -0.449 e. The van der Waals surface area contributed by atoms with Gasteiger partial charge in [0.15, 0.2) is 0 Å². The molecule has 0 aliphatic carbocycles. The number of ether oxygens (including phenoxy) is 3. The van der Waals surface area contributed by atoms with Crippen molar-refractivity contribution in [3.63, 3.8) is 0 Å². The van der Waals surface area contributed by atoms with Gasteiger partial charge in [-0.1, -0.05) is 60.7 Å². The Hall–Kier alpha value is -3.10. The van der Waals surface area contributed by atoms with Crippen molar-refractivity contribution in [1.82, 2.24) is 14.7 Å². The molecular formula is C34H51N3O5. The third-order valence-corrected chi connectivity index (χ3v) is 7.71. The summed E-state index contributed by atoms with van der Waals surface area (Å²) in [6.07, 6.45) is 0.643. The van der Waals surface area contributed by atoms with Gasteiger partial charge in [-0.25, -0.2) is 9.59 Å². The predicted octanol–water partition coefficient (Wildman–Crippen LogP) is 7.08. The van der Waals surface area contributed by atoms with Crippen molar-refractivity contribution >= 4 is 12.2 Å². The largest absolute Gasteiger partial charge is 0.449 e. The highest BCUT2D eigenvalue weighted by molar-refractivity contribution is 5.70. The standard InChI is InChI=1S/C34H51N3O5/c1-26(2)36(27(3)4)31(38)40-21-15-20-30(24-41-32(39)37-33(5,6)25-42-34(37,7)8)35(22-28-16-11-9-12-17-28)23-29-18-13-10-14-19-29/h9-14,16-19,26-27,30H,15,20-25H2,1-8H3/t30-/m0/s1. The topological polar surface area (TPSA) is 71.5 Å². The van der Waals surface area contributed by atoms with E-state index in [0.717, 1.165) is 0 Å². The average Bonchev–Trinajstić information content (AvgIpc) is 3.15. The monoisotopic (exact) mass is 581 g/mol. The van der Waals surface area contributed by atoms with E-state index in [9.17, 15) is 9.59 Å². The number of hydrogen-bond acceptors (Lipinski definition) is 6. The summed E-state index contributed by atoms with van der Waals surface area (Å²) in [4.78, 5) is 32.0. The summed E-state index contributed by atoms with van der Waals surface area (Å²) in [6.45, 7) is 18.1. The number of carbonyl (C=O) groups is 2. The van der Waals surface area contributed by atoms with Crippen LogP contribution in [0.3, 0.4) is 0 Å². The lowest BCUT2D eigenvalue weighted by atomic mass is 10.0. The Bertz CT molecular complexity index is 1060. The molecule has 1 fully saturated rings. The lowest BCUT2D eigenvalue weighted by Gasteiger charge is -2.38. The van der Waals surface area contributed by atoms with Gasteiger partial charge in [-0.15, -0.1) is 0 Å². The summed E-state index contributed by atoms with van der Waals surface area (Å²) in [7, 11) is 0. The first-order valence-electron chi connectivity index (χ1n) is 15.2. The average molecular weight is 582 g/mol. The summed E-state index contributed by atoms with van der Waals surface area (Å²) < 4.78 is 17.7. The van der Waals surface area contributed by atoms with Gasteiger partial charge < -0.3 is 19.1 Å². The third kappa shape index (κ3) is 9.20. The van der Waals surface area contributed by atoms with Gasteiger partial charge in [0.25, 0.3) is 0 Å². The van der Waals surface area contributed by atoms with Gasteiger partial charge in [0.1, 0.15) is 12.3 Å². The van der Waals surface area contributed by atoms with Gasteiger partial charge >= 0.3 is 12.2 Å². The Morgan fingerprint density at radius 3 is 1.83 bits per heavy atom. The van der Waals surface area contributed by atoms with Crippen molar-refractivity contribution < 1.29 is 23.8 Å². The predicted molar refractivity (Wildman–Crippen MR) is 166 cm³/mol. The quantitative estimate of drug-likeness (QED) is 0.236. The molecule has 0 radical (unpaired) electrons. The molecule has 8 heteroatoms. The van der Waals surface area contributed by atoms with E-state index >= 15 is 0 Å². The zero-order chi connectivity index (χ0) is 30.9. The van der Waals surface area contributed by atoms with Crippen molar-refractivity contribution in [2.75, 3.05) is 19.8 Å².